The number of aryl methyl sites for hydroxylation is 2. The maximum Gasteiger partial charge on any atom is 0.212 e. The first-order valence-corrected chi connectivity index (χ1v) is 4.50. The molecule has 15 heavy (non-hydrogen) atoms. The molecule has 0 saturated carbocycles. The molecule has 2 aromatic rings. The van der Waals surface area contributed by atoms with Crippen molar-refractivity contribution in [2.24, 2.45) is 7.05 Å². The lowest BCUT2D eigenvalue weighted by molar-refractivity contribution is 0.103. The molecule has 2 heterocycles. The lowest BCUT2D eigenvalue weighted by atomic mass is 10.1. The number of ketones is 1. The lowest BCUT2D eigenvalue weighted by Crippen LogP contribution is -2.08. The third-order valence-electron chi connectivity index (χ3n) is 2.11. The van der Waals surface area contributed by atoms with E-state index in [9.17, 15) is 4.79 Å². The van der Waals surface area contributed by atoms with Crippen LogP contribution in [0.3, 0.4) is 0 Å². The summed E-state index contributed by atoms with van der Waals surface area (Å²) in [5, 5.41) is 7.38. The molecule has 0 aliphatic rings. The molecule has 0 amide bonds. The van der Waals surface area contributed by atoms with Crippen molar-refractivity contribution in [3.05, 3.63) is 41.5 Å². The molecule has 0 aliphatic heterocycles. The fourth-order valence-electron chi connectivity index (χ4n) is 1.33. The number of aromatic nitrogens is 4. The van der Waals surface area contributed by atoms with Crippen molar-refractivity contribution < 1.29 is 4.79 Å². The zero-order chi connectivity index (χ0) is 10.8. The van der Waals surface area contributed by atoms with Crippen LogP contribution in [-0.2, 0) is 7.05 Å². The first kappa shape index (κ1) is 9.51. The molecule has 0 saturated heterocycles. The fraction of sp³-hybridized carbons (Fsp3) is 0.200. The van der Waals surface area contributed by atoms with Crippen LogP contribution in [0.5, 0.6) is 0 Å². The molecule has 0 fully saturated rings. The summed E-state index contributed by atoms with van der Waals surface area (Å²) in [5.74, 6) is -0.0898. The van der Waals surface area contributed by atoms with Crippen molar-refractivity contribution in [1.29, 1.82) is 0 Å². The van der Waals surface area contributed by atoms with Crippen LogP contribution in [0, 0.1) is 6.92 Å². The minimum absolute atomic E-state index is 0.0898. The minimum atomic E-state index is -0.0898. The van der Waals surface area contributed by atoms with Crippen LogP contribution in [0.2, 0.25) is 0 Å². The standard InChI is InChI=1S/C10H10N4O/c1-7-5-8(3-4-11-7)10(15)9-6-12-13-14(9)2/h3-6H,1-2H3. The van der Waals surface area contributed by atoms with E-state index in [-0.39, 0.29) is 5.78 Å². The van der Waals surface area contributed by atoms with E-state index in [0.717, 1.165) is 5.69 Å². The zero-order valence-corrected chi connectivity index (χ0v) is 8.51. The van der Waals surface area contributed by atoms with Gasteiger partial charge in [0.15, 0.2) is 0 Å². The summed E-state index contributed by atoms with van der Waals surface area (Å²) in [5.41, 5.74) is 1.89. The average molecular weight is 202 g/mol. The molecule has 2 aromatic heterocycles. The summed E-state index contributed by atoms with van der Waals surface area (Å²) in [6.07, 6.45) is 3.07. The van der Waals surface area contributed by atoms with E-state index in [2.05, 4.69) is 15.3 Å². The summed E-state index contributed by atoms with van der Waals surface area (Å²) >= 11 is 0. The topological polar surface area (TPSA) is 60.7 Å². The number of pyridine rings is 1. The van der Waals surface area contributed by atoms with Crippen LogP contribution in [0.15, 0.2) is 24.5 Å². The van der Waals surface area contributed by atoms with Crippen LogP contribution in [0.25, 0.3) is 0 Å². The lowest BCUT2D eigenvalue weighted by Gasteiger charge is -2.00. The molecule has 0 spiro atoms. The summed E-state index contributed by atoms with van der Waals surface area (Å²) in [6, 6.07) is 3.43. The molecule has 0 atom stereocenters. The normalized spacial score (nSPS) is 10.3. The van der Waals surface area contributed by atoms with Crippen molar-refractivity contribution in [2.45, 2.75) is 6.92 Å². The van der Waals surface area contributed by atoms with Gasteiger partial charge in [0.25, 0.3) is 0 Å². The summed E-state index contributed by atoms with van der Waals surface area (Å²) in [4.78, 5) is 16.0. The summed E-state index contributed by atoms with van der Waals surface area (Å²) in [7, 11) is 1.69. The predicted molar refractivity (Wildman–Crippen MR) is 53.4 cm³/mol. The van der Waals surface area contributed by atoms with Crippen molar-refractivity contribution >= 4 is 5.78 Å². The van der Waals surface area contributed by atoms with Crippen LogP contribution in [0.4, 0.5) is 0 Å². The van der Waals surface area contributed by atoms with Crippen LogP contribution in [0.1, 0.15) is 21.7 Å². The van der Waals surface area contributed by atoms with E-state index in [1.54, 1.807) is 25.4 Å². The number of nitrogens with zero attached hydrogens (tertiary/aromatic N) is 4. The van der Waals surface area contributed by atoms with E-state index in [4.69, 9.17) is 0 Å². The van der Waals surface area contributed by atoms with Crippen molar-refractivity contribution in [1.82, 2.24) is 20.0 Å². The second-order valence-corrected chi connectivity index (χ2v) is 3.26. The number of carbonyl (C=O) groups is 1. The van der Waals surface area contributed by atoms with Gasteiger partial charge < -0.3 is 0 Å². The zero-order valence-electron chi connectivity index (χ0n) is 8.51. The Morgan fingerprint density at radius 1 is 1.47 bits per heavy atom. The Hall–Kier alpha value is -2.04. The smallest absolute Gasteiger partial charge is 0.212 e. The molecular weight excluding hydrogens is 192 g/mol. The average Bonchev–Trinajstić information content (AvgIpc) is 2.63. The number of hydrogen-bond acceptors (Lipinski definition) is 4. The van der Waals surface area contributed by atoms with Gasteiger partial charge in [-0.3, -0.25) is 9.78 Å². The van der Waals surface area contributed by atoms with Gasteiger partial charge in [-0.15, -0.1) is 5.10 Å². The van der Waals surface area contributed by atoms with Crippen molar-refractivity contribution in [2.75, 3.05) is 0 Å². The Morgan fingerprint density at radius 3 is 2.87 bits per heavy atom. The van der Waals surface area contributed by atoms with Gasteiger partial charge in [0.1, 0.15) is 5.69 Å². The molecule has 0 unspecified atom stereocenters. The highest BCUT2D eigenvalue weighted by Crippen LogP contribution is 2.07. The molecule has 2 rings (SSSR count). The van der Waals surface area contributed by atoms with E-state index >= 15 is 0 Å². The van der Waals surface area contributed by atoms with Gasteiger partial charge in [-0.2, -0.15) is 0 Å². The van der Waals surface area contributed by atoms with Gasteiger partial charge >= 0.3 is 0 Å². The SMILES string of the molecule is Cc1cc(C(=O)c2cnnn2C)ccn1. The first-order chi connectivity index (χ1) is 7.18. The van der Waals surface area contributed by atoms with Gasteiger partial charge in [-0.1, -0.05) is 5.21 Å². The highest BCUT2D eigenvalue weighted by Gasteiger charge is 2.13. The van der Waals surface area contributed by atoms with Crippen LogP contribution >= 0.6 is 0 Å². The predicted octanol–water partition coefficient (Wildman–Crippen LogP) is 0.750. The van der Waals surface area contributed by atoms with Gasteiger partial charge in [0, 0.05) is 24.5 Å². The Labute approximate surface area is 86.8 Å². The fourth-order valence-corrected chi connectivity index (χ4v) is 1.33. The van der Waals surface area contributed by atoms with E-state index in [0.29, 0.717) is 11.3 Å². The van der Waals surface area contributed by atoms with Gasteiger partial charge in [-0.05, 0) is 19.1 Å². The maximum absolute atomic E-state index is 12.0. The Kier molecular flexibility index (Phi) is 2.29. The second kappa shape index (κ2) is 3.61. The van der Waals surface area contributed by atoms with Crippen molar-refractivity contribution in [3.8, 4) is 0 Å². The van der Waals surface area contributed by atoms with Crippen LogP contribution in [-0.4, -0.2) is 25.8 Å². The molecule has 0 bridgehead atoms. The summed E-state index contributed by atoms with van der Waals surface area (Å²) < 4.78 is 1.46. The molecule has 0 N–H and O–H groups in total. The van der Waals surface area contributed by atoms with Gasteiger partial charge in [-0.25, -0.2) is 4.68 Å². The molecule has 76 valence electrons. The van der Waals surface area contributed by atoms with E-state index in [1.165, 1.54) is 10.9 Å². The largest absolute Gasteiger partial charge is 0.287 e. The van der Waals surface area contributed by atoms with Gasteiger partial charge in [0.2, 0.25) is 5.78 Å². The Bertz CT molecular complexity index is 504. The Morgan fingerprint density at radius 2 is 2.27 bits per heavy atom. The van der Waals surface area contributed by atoms with Gasteiger partial charge in [0.05, 0.1) is 6.20 Å². The second-order valence-electron chi connectivity index (χ2n) is 3.26. The quantitative estimate of drug-likeness (QED) is 0.674. The molecule has 5 heteroatoms. The van der Waals surface area contributed by atoms with Crippen LogP contribution < -0.4 is 0 Å². The Balaban J connectivity index is 2.41. The molecule has 5 nitrogen and oxygen atoms in total. The first-order valence-electron chi connectivity index (χ1n) is 4.50. The molecule has 0 aliphatic carbocycles. The minimum Gasteiger partial charge on any atom is -0.287 e. The number of rotatable bonds is 2. The number of hydrogen-bond donors (Lipinski definition) is 0. The molecule has 0 radical (unpaired) electrons. The van der Waals surface area contributed by atoms with E-state index < -0.39 is 0 Å². The third kappa shape index (κ3) is 1.76. The van der Waals surface area contributed by atoms with E-state index in [1.807, 2.05) is 6.92 Å². The molecular formula is C10H10N4O. The third-order valence-corrected chi connectivity index (χ3v) is 2.11. The number of carbonyl (C=O) groups excluding carboxylic acids is 1. The van der Waals surface area contributed by atoms with Crippen molar-refractivity contribution in [3.63, 3.8) is 0 Å². The highest BCUT2D eigenvalue weighted by molar-refractivity contribution is 6.07. The highest BCUT2D eigenvalue weighted by atomic mass is 16.1. The summed E-state index contributed by atoms with van der Waals surface area (Å²) in [6.45, 7) is 1.85. The molecule has 0 aromatic carbocycles. The monoisotopic (exact) mass is 202 g/mol. The maximum atomic E-state index is 12.0.